The van der Waals surface area contributed by atoms with E-state index in [2.05, 4.69) is 22.0 Å². The van der Waals surface area contributed by atoms with Crippen LogP contribution >= 0.6 is 11.3 Å². The molecule has 2 heterocycles. The van der Waals surface area contributed by atoms with Crippen LogP contribution in [0.2, 0.25) is 0 Å². The molecule has 41 heavy (non-hydrogen) atoms. The minimum absolute atomic E-state index is 0.128. The number of thiophene rings is 1. The number of aliphatic hydroxyl groups excluding tert-OH is 1. The number of benzene rings is 2. The topological polar surface area (TPSA) is 140 Å². The highest BCUT2D eigenvalue weighted by atomic mass is 32.2. The van der Waals surface area contributed by atoms with Crippen molar-refractivity contribution in [3.63, 3.8) is 0 Å². The molecular formula is C29H38N4O6S2. The molecular weight excluding hydrogens is 564 g/mol. The van der Waals surface area contributed by atoms with Gasteiger partial charge in [0, 0.05) is 36.7 Å². The number of aryl methyl sites for hydroxylation is 1. The maximum atomic E-state index is 13.2. The summed E-state index contributed by atoms with van der Waals surface area (Å²) in [6.45, 7) is 2.58. The number of nitrogens with zero attached hydrogens (tertiary/aromatic N) is 1. The summed E-state index contributed by atoms with van der Waals surface area (Å²) in [5, 5.41) is 30.3. The standard InChI is InChI=1S/C29H38N4O6S2/c34-24-7-9-26(10-8-24)39-21-25(35)20-30-19-22-13-16-33(17-14-22)41(37,38)28-11-5-23(6-12-28)32-29(36)31-15-1-3-27-4-2-18-40-27/h2,4-12,18,22,25,30,34-35H,1,3,13-17,19-21H2,(H2,31,32,36)/t25-/m0/s1. The lowest BCUT2D eigenvalue weighted by molar-refractivity contribution is 0.104. The highest BCUT2D eigenvalue weighted by Gasteiger charge is 2.29. The van der Waals surface area contributed by atoms with Crippen molar-refractivity contribution in [2.45, 2.75) is 36.7 Å². The number of nitrogens with one attached hydrogen (secondary N) is 3. The molecule has 3 aromatic rings. The molecule has 1 aliphatic heterocycles. The molecule has 0 bridgehead atoms. The molecule has 222 valence electrons. The first kappa shape index (κ1) is 30.8. The predicted octanol–water partition coefficient (Wildman–Crippen LogP) is 3.64. The number of aliphatic hydroxyl groups is 1. The number of piperidine rings is 1. The molecule has 2 amide bonds. The number of ether oxygens (including phenoxy) is 1. The third-order valence-electron chi connectivity index (χ3n) is 6.88. The van der Waals surface area contributed by atoms with E-state index in [9.17, 15) is 23.4 Å². The summed E-state index contributed by atoms with van der Waals surface area (Å²) in [5.74, 6) is 1.03. The van der Waals surface area contributed by atoms with Crippen LogP contribution in [0.5, 0.6) is 11.5 Å². The van der Waals surface area contributed by atoms with Gasteiger partial charge in [-0.3, -0.25) is 0 Å². The molecule has 12 heteroatoms. The van der Waals surface area contributed by atoms with Crippen molar-refractivity contribution >= 4 is 33.1 Å². The number of carbonyl (C=O) groups excluding carboxylic acids is 1. The molecule has 0 radical (unpaired) electrons. The van der Waals surface area contributed by atoms with Crippen molar-refractivity contribution in [3.8, 4) is 11.5 Å². The number of carbonyl (C=O) groups is 1. The van der Waals surface area contributed by atoms with Crippen molar-refractivity contribution in [3.05, 3.63) is 70.9 Å². The van der Waals surface area contributed by atoms with E-state index in [1.165, 1.54) is 33.4 Å². The van der Waals surface area contributed by atoms with Gasteiger partial charge in [-0.05, 0) is 98.1 Å². The van der Waals surface area contributed by atoms with Crippen molar-refractivity contribution in [2.75, 3.05) is 44.6 Å². The maximum absolute atomic E-state index is 13.2. The van der Waals surface area contributed by atoms with Crippen LogP contribution in [0.25, 0.3) is 0 Å². The van der Waals surface area contributed by atoms with E-state index in [1.54, 1.807) is 35.6 Å². The summed E-state index contributed by atoms with van der Waals surface area (Å²) in [7, 11) is -3.63. The van der Waals surface area contributed by atoms with Gasteiger partial charge in [-0.1, -0.05) is 6.07 Å². The molecule has 1 saturated heterocycles. The first-order chi connectivity index (χ1) is 19.8. The molecule has 0 saturated carbocycles. The number of aromatic hydroxyl groups is 1. The number of hydrogen-bond acceptors (Lipinski definition) is 8. The molecule has 1 aliphatic rings. The van der Waals surface area contributed by atoms with Gasteiger partial charge in [-0.2, -0.15) is 4.31 Å². The molecule has 10 nitrogen and oxygen atoms in total. The molecule has 4 rings (SSSR count). The molecule has 0 aliphatic carbocycles. The van der Waals surface area contributed by atoms with Gasteiger partial charge >= 0.3 is 6.03 Å². The van der Waals surface area contributed by atoms with Crippen LogP contribution < -0.4 is 20.7 Å². The highest BCUT2D eigenvalue weighted by Crippen LogP contribution is 2.24. The van der Waals surface area contributed by atoms with E-state index in [4.69, 9.17) is 4.74 Å². The van der Waals surface area contributed by atoms with Gasteiger partial charge in [0.25, 0.3) is 0 Å². The summed E-state index contributed by atoms with van der Waals surface area (Å²) in [5.41, 5.74) is 0.528. The van der Waals surface area contributed by atoms with Crippen LogP contribution in [0, 0.1) is 5.92 Å². The Labute approximate surface area is 245 Å². The average Bonchev–Trinajstić information content (AvgIpc) is 3.49. The van der Waals surface area contributed by atoms with E-state index >= 15 is 0 Å². The number of amides is 2. The fourth-order valence-corrected chi connectivity index (χ4v) is 6.78. The second kappa shape index (κ2) is 15.2. The maximum Gasteiger partial charge on any atom is 0.319 e. The SMILES string of the molecule is O=C(NCCCc1cccs1)Nc1ccc(S(=O)(=O)N2CCC(CNC[C@H](O)COc3ccc(O)cc3)CC2)cc1. The minimum atomic E-state index is -3.63. The zero-order valence-electron chi connectivity index (χ0n) is 22.9. The summed E-state index contributed by atoms with van der Waals surface area (Å²) < 4.78 is 33.3. The molecule has 2 aromatic carbocycles. The number of rotatable bonds is 14. The van der Waals surface area contributed by atoms with Crippen LogP contribution in [0.3, 0.4) is 0 Å². The van der Waals surface area contributed by atoms with Gasteiger partial charge in [0.15, 0.2) is 0 Å². The van der Waals surface area contributed by atoms with Crippen molar-refractivity contribution in [2.24, 2.45) is 5.92 Å². The highest BCUT2D eigenvalue weighted by molar-refractivity contribution is 7.89. The molecule has 1 aromatic heterocycles. The Morgan fingerprint density at radius 3 is 2.49 bits per heavy atom. The third-order valence-corrected chi connectivity index (χ3v) is 9.73. The van der Waals surface area contributed by atoms with Gasteiger partial charge in [-0.25, -0.2) is 13.2 Å². The van der Waals surface area contributed by atoms with Crippen LogP contribution in [-0.4, -0.2) is 74.4 Å². The molecule has 1 atom stereocenters. The first-order valence-corrected chi connectivity index (χ1v) is 16.1. The zero-order valence-corrected chi connectivity index (χ0v) is 24.5. The number of hydrogen-bond donors (Lipinski definition) is 5. The number of sulfonamides is 1. The van der Waals surface area contributed by atoms with Crippen molar-refractivity contribution in [1.29, 1.82) is 0 Å². The fraction of sp³-hybridized carbons (Fsp3) is 0.414. The Morgan fingerprint density at radius 2 is 1.80 bits per heavy atom. The predicted molar refractivity (Wildman–Crippen MR) is 160 cm³/mol. The molecule has 0 spiro atoms. The van der Waals surface area contributed by atoms with Gasteiger partial charge in [0.05, 0.1) is 4.90 Å². The Morgan fingerprint density at radius 1 is 1.07 bits per heavy atom. The quantitative estimate of drug-likeness (QED) is 0.178. The largest absolute Gasteiger partial charge is 0.508 e. The van der Waals surface area contributed by atoms with Gasteiger partial charge in [0.2, 0.25) is 10.0 Å². The van der Waals surface area contributed by atoms with Crippen LogP contribution in [-0.2, 0) is 16.4 Å². The average molecular weight is 603 g/mol. The Hall–Kier alpha value is -3.16. The van der Waals surface area contributed by atoms with E-state index in [1.807, 2.05) is 11.4 Å². The molecule has 0 unspecified atom stereocenters. The van der Waals surface area contributed by atoms with Gasteiger partial charge < -0.3 is 30.9 Å². The zero-order chi connectivity index (χ0) is 29.1. The lowest BCUT2D eigenvalue weighted by Gasteiger charge is -2.31. The number of phenols is 1. The van der Waals surface area contributed by atoms with Crippen LogP contribution in [0.15, 0.2) is 70.9 Å². The Kier molecular flexibility index (Phi) is 11.4. The van der Waals surface area contributed by atoms with Crippen LogP contribution in [0.1, 0.15) is 24.1 Å². The van der Waals surface area contributed by atoms with E-state index in [0.717, 1.165) is 25.7 Å². The fourth-order valence-electron chi connectivity index (χ4n) is 4.56. The Bertz CT molecular complexity index is 1310. The Balaban J connectivity index is 1.13. The number of phenolic OH excluding ortho intramolecular Hbond substituents is 1. The van der Waals surface area contributed by atoms with Gasteiger partial charge in [0.1, 0.15) is 24.2 Å². The lowest BCUT2D eigenvalue weighted by atomic mass is 9.98. The summed E-state index contributed by atoms with van der Waals surface area (Å²) >= 11 is 1.70. The van der Waals surface area contributed by atoms with E-state index in [0.29, 0.717) is 50.1 Å². The summed E-state index contributed by atoms with van der Waals surface area (Å²) in [4.78, 5) is 13.7. The lowest BCUT2D eigenvalue weighted by Crippen LogP contribution is -2.42. The van der Waals surface area contributed by atoms with E-state index < -0.39 is 16.1 Å². The second-order valence-electron chi connectivity index (χ2n) is 10.1. The van der Waals surface area contributed by atoms with Gasteiger partial charge in [-0.15, -0.1) is 11.3 Å². The summed E-state index contributed by atoms with van der Waals surface area (Å²) in [6.07, 6.45) is 2.51. The van der Waals surface area contributed by atoms with Crippen LogP contribution in [0.4, 0.5) is 10.5 Å². The van der Waals surface area contributed by atoms with Crippen molar-refractivity contribution < 1.29 is 28.2 Å². The normalized spacial score (nSPS) is 15.3. The first-order valence-electron chi connectivity index (χ1n) is 13.8. The van der Waals surface area contributed by atoms with E-state index in [-0.39, 0.29) is 23.3 Å². The summed E-state index contributed by atoms with van der Waals surface area (Å²) in [6, 6.07) is 16.3. The smallest absolute Gasteiger partial charge is 0.319 e. The second-order valence-corrected chi connectivity index (χ2v) is 13.0. The number of anilines is 1. The van der Waals surface area contributed by atoms with Crippen molar-refractivity contribution in [1.82, 2.24) is 14.9 Å². The minimum Gasteiger partial charge on any atom is -0.508 e. The third kappa shape index (κ3) is 9.72. The monoisotopic (exact) mass is 602 g/mol. The number of urea groups is 1. The molecule has 5 N–H and O–H groups in total. The molecule has 1 fully saturated rings.